The molecule has 2 rings (SSSR count). The summed E-state index contributed by atoms with van der Waals surface area (Å²) in [5.41, 5.74) is -0.121. The molecule has 0 radical (unpaired) electrons. The van der Waals surface area contributed by atoms with Crippen LogP contribution in [0.2, 0.25) is 5.02 Å². The number of alkyl halides is 3. The lowest BCUT2D eigenvalue weighted by atomic mass is 10.1. The Morgan fingerprint density at radius 2 is 1.63 bits per heavy atom. The van der Waals surface area contributed by atoms with Gasteiger partial charge in [-0.05, 0) is 42.0 Å². The van der Waals surface area contributed by atoms with Crippen LogP contribution in [-0.2, 0) is 26.6 Å². The summed E-state index contributed by atoms with van der Waals surface area (Å²) in [4.78, 5) is 12.2. The number of carbonyl (C=O) groups excluding carboxylic acids is 1. The molecule has 0 aliphatic carbocycles. The van der Waals surface area contributed by atoms with Crippen molar-refractivity contribution in [3.8, 4) is 0 Å². The highest BCUT2D eigenvalue weighted by atomic mass is 35.5. The molecule has 0 aromatic heterocycles. The molecule has 2 aromatic rings. The van der Waals surface area contributed by atoms with Crippen LogP contribution >= 0.6 is 11.6 Å². The summed E-state index contributed by atoms with van der Waals surface area (Å²) in [5, 5.41) is 2.91. The Morgan fingerprint density at radius 3 is 2.15 bits per heavy atom. The molecule has 0 heterocycles. The number of halogens is 4. The first kappa shape index (κ1) is 21.2. The SMILES string of the molecule is CC(CS(=O)(=O)Cc1ccc(Cl)cc1)C(=O)Nc1ccc(C(F)(F)F)cc1. The molecule has 0 aliphatic rings. The van der Waals surface area contributed by atoms with Gasteiger partial charge in [-0.2, -0.15) is 13.2 Å². The van der Waals surface area contributed by atoms with Crippen LogP contribution in [0.15, 0.2) is 48.5 Å². The summed E-state index contributed by atoms with van der Waals surface area (Å²) >= 11 is 5.76. The summed E-state index contributed by atoms with van der Waals surface area (Å²) in [6.07, 6.45) is -4.47. The van der Waals surface area contributed by atoms with Crippen molar-refractivity contribution in [2.75, 3.05) is 11.1 Å². The molecule has 4 nitrogen and oxygen atoms in total. The molecule has 0 spiro atoms. The molecule has 0 fully saturated rings. The van der Waals surface area contributed by atoms with Crippen molar-refractivity contribution in [2.45, 2.75) is 18.9 Å². The fourth-order valence-electron chi connectivity index (χ4n) is 2.36. The predicted octanol–water partition coefficient (Wildman–Crippen LogP) is 4.55. The lowest BCUT2D eigenvalue weighted by Crippen LogP contribution is -2.27. The minimum Gasteiger partial charge on any atom is -0.326 e. The molecule has 1 N–H and O–H groups in total. The molecule has 1 atom stereocenters. The molecule has 9 heteroatoms. The number of anilines is 1. The minimum atomic E-state index is -4.47. The highest BCUT2D eigenvalue weighted by molar-refractivity contribution is 7.90. The monoisotopic (exact) mass is 419 g/mol. The zero-order chi connectivity index (χ0) is 20.2. The number of nitrogens with one attached hydrogen (secondary N) is 1. The molecule has 27 heavy (non-hydrogen) atoms. The third-order valence-electron chi connectivity index (χ3n) is 3.73. The van der Waals surface area contributed by atoms with Crippen molar-refractivity contribution >= 4 is 33.0 Å². The van der Waals surface area contributed by atoms with E-state index in [-0.39, 0.29) is 17.2 Å². The first-order valence-electron chi connectivity index (χ1n) is 7.89. The van der Waals surface area contributed by atoms with Crippen LogP contribution in [0.1, 0.15) is 18.1 Å². The number of carbonyl (C=O) groups is 1. The Hall–Kier alpha value is -2.06. The van der Waals surface area contributed by atoms with E-state index >= 15 is 0 Å². The molecule has 0 saturated heterocycles. The summed E-state index contributed by atoms with van der Waals surface area (Å²) in [6.45, 7) is 1.44. The first-order valence-corrected chi connectivity index (χ1v) is 10.1. The maximum Gasteiger partial charge on any atom is 0.416 e. The van der Waals surface area contributed by atoms with Gasteiger partial charge in [0, 0.05) is 16.6 Å². The van der Waals surface area contributed by atoms with Gasteiger partial charge in [-0.3, -0.25) is 4.79 Å². The Balaban J connectivity index is 1.97. The van der Waals surface area contributed by atoms with Gasteiger partial charge in [-0.25, -0.2) is 8.42 Å². The largest absolute Gasteiger partial charge is 0.416 e. The first-order chi connectivity index (χ1) is 12.5. The second kappa shape index (κ2) is 8.31. The van der Waals surface area contributed by atoms with Gasteiger partial charge in [0.2, 0.25) is 5.91 Å². The van der Waals surface area contributed by atoms with E-state index in [1.54, 1.807) is 24.3 Å². The number of sulfone groups is 1. The summed E-state index contributed by atoms with van der Waals surface area (Å²) in [6, 6.07) is 10.3. The standard InChI is InChI=1S/C18H17ClF3NO3S/c1-12(10-27(25,26)11-13-2-6-15(19)7-3-13)17(24)23-16-8-4-14(5-9-16)18(20,21)22/h2-9,12H,10-11H2,1H3,(H,23,24). The fraction of sp³-hybridized carbons (Fsp3) is 0.278. The van der Waals surface area contributed by atoms with Gasteiger partial charge >= 0.3 is 6.18 Å². The van der Waals surface area contributed by atoms with Crippen LogP contribution < -0.4 is 5.32 Å². The van der Waals surface area contributed by atoms with E-state index in [4.69, 9.17) is 11.6 Å². The third kappa shape index (κ3) is 6.55. The van der Waals surface area contributed by atoms with E-state index in [0.717, 1.165) is 24.3 Å². The second-order valence-corrected chi connectivity index (χ2v) is 8.69. The van der Waals surface area contributed by atoms with Crippen molar-refractivity contribution in [3.05, 3.63) is 64.7 Å². The summed E-state index contributed by atoms with van der Waals surface area (Å²) in [5.74, 6) is -2.08. The van der Waals surface area contributed by atoms with Crippen molar-refractivity contribution in [1.29, 1.82) is 0 Å². The highest BCUT2D eigenvalue weighted by Crippen LogP contribution is 2.29. The fourth-order valence-corrected chi connectivity index (χ4v) is 4.22. The number of hydrogen-bond donors (Lipinski definition) is 1. The summed E-state index contributed by atoms with van der Waals surface area (Å²) in [7, 11) is -3.56. The van der Waals surface area contributed by atoms with Crippen LogP contribution in [0.5, 0.6) is 0 Å². The van der Waals surface area contributed by atoms with Gasteiger partial charge in [0.25, 0.3) is 0 Å². The van der Waals surface area contributed by atoms with E-state index in [0.29, 0.717) is 10.6 Å². The topological polar surface area (TPSA) is 63.2 Å². The Bertz CT molecular complexity index is 895. The maximum absolute atomic E-state index is 12.5. The average molecular weight is 420 g/mol. The van der Waals surface area contributed by atoms with Crippen LogP contribution in [0.4, 0.5) is 18.9 Å². The summed E-state index contributed by atoms with van der Waals surface area (Å²) < 4.78 is 62.1. The van der Waals surface area contributed by atoms with Crippen LogP contribution in [-0.4, -0.2) is 20.1 Å². The van der Waals surface area contributed by atoms with Gasteiger partial charge in [0.1, 0.15) is 0 Å². The molecular formula is C18H17ClF3NO3S. The zero-order valence-electron chi connectivity index (χ0n) is 14.3. The van der Waals surface area contributed by atoms with Gasteiger partial charge in [-0.1, -0.05) is 30.7 Å². The number of hydrogen-bond acceptors (Lipinski definition) is 3. The number of amides is 1. The molecule has 0 aliphatic heterocycles. The normalized spacial score (nSPS) is 13.2. The van der Waals surface area contributed by atoms with E-state index in [1.807, 2.05) is 0 Å². The lowest BCUT2D eigenvalue weighted by Gasteiger charge is -2.13. The zero-order valence-corrected chi connectivity index (χ0v) is 15.8. The Labute approximate surface area is 160 Å². The van der Waals surface area contributed by atoms with Gasteiger partial charge in [0.05, 0.1) is 17.1 Å². The average Bonchev–Trinajstić information content (AvgIpc) is 2.56. The predicted molar refractivity (Wildman–Crippen MR) is 98.2 cm³/mol. The van der Waals surface area contributed by atoms with Crippen molar-refractivity contribution < 1.29 is 26.4 Å². The number of rotatable bonds is 6. The Kier molecular flexibility index (Phi) is 6.54. The molecule has 146 valence electrons. The Morgan fingerprint density at radius 1 is 1.07 bits per heavy atom. The molecule has 2 aromatic carbocycles. The van der Waals surface area contributed by atoms with Gasteiger partial charge in [0.15, 0.2) is 9.84 Å². The second-order valence-electron chi connectivity index (χ2n) is 6.15. The minimum absolute atomic E-state index is 0.162. The van der Waals surface area contributed by atoms with E-state index in [9.17, 15) is 26.4 Å². The molecule has 0 bridgehead atoms. The van der Waals surface area contributed by atoms with Gasteiger partial charge < -0.3 is 5.32 Å². The lowest BCUT2D eigenvalue weighted by molar-refractivity contribution is -0.137. The molecule has 1 unspecified atom stereocenters. The smallest absolute Gasteiger partial charge is 0.326 e. The number of benzene rings is 2. The van der Waals surface area contributed by atoms with Crippen molar-refractivity contribution in [2.24, 2.45) is 5.92 Å². The molecule has 1 amide bonds. The quantitative estimate of drug-likeness (QED) is 0.747. The van der Waals surface area contributed by atoms with E-state index in [2.05, 4.69) is 5.32 Å². The van der Waals surface area contributed by atoms with Crippen molar-refractivity contribution in [1.82, 2.24) is 0 Å². The van der Waals surface area contributed by atoms with Crippen LogP contribution in [0, 0.1) is 5.92 Å². The maximum atomic E-state index is 12.5. The van der Waals surface area contributed by atoms with Gasteiger partial charge in [-0.15, -0.1) is 0 Å². The van der Waals surface area contributed by atoms with Crippen molar-refractivity contribution in [3.63, 3.8) is 0 Å². The highest BCUT2D eigenvalue weighted by Gasteiger charge is 2.30. The molecule has 0 saturated carbocycles. The molecular weight excluding hydrogens is 403 g/mol. The van der Waals surface area contributed by atoms with E-state index in [1.165, 1.54) is 6.92 Å². The third-order valence-corrected chi connectivity index (χ3v) is 5.76. The van der Waals surface area contributed by atoms with Crippen LogP contribution in [0.3, 0.4) is 0 Å². The van der Waals surface area contributed by atoms with Crippen LogP contribution in [0.25, 0.3) is 0 Å². The van der Waals surface area contributed by atoms with E-state index < -0.39 is 33.4 Å².